The molecule has 144 valence electrons. The highest BCUT2D eigenvalue weighted by Gasteiger charge is 2.21. The fourth-order valence-corrected chi connectivity index (χ4v) is 5.08. The Hall–Kier alpha value is -1.04. The predicted molar refractivity (Wildman–Crippen MR) is 115 cm³/mol. The average molecular weight is 353 g/mol. The monoisotopic (exact) mass is 352 g/mol. The van der Waals surface area contributed by atoms with Gasteiger partial charge in [-0.15, -0.1) is 0 Å². The first kappa shape index (κ1) is 19.7. The second-order valence-corrected chi connectivity index (χ2v) is 9.05. The lowest BCUT2D eigenvalue weighted by molar-refractivity contribution is 0.241. The van der Waals surface area contributed by atoms with Gasteiger partial charge in [-0.1, -0.05) is 88.3 Å². The molecule has 0 spiro atoms. The highest BCUT2D eigenvalue weighted by molar-refractivity contribution is 5.23. The summed E-state index contributed by atoms with van der Waals surface area (Å²) < 4.78 is 0. The average Bonchev–Trinajstić information content (AvgIpc) is 2.72. The van der Waals surface area contributed by atoms with E-state index >= 15 is 0 Å². The van der Waals surface area contributed by atoms with Gasteiger partial charge >= 0.3 is 0 Å². The van der Waals surface area contributed by atoms with E-state index in [1.807, 2.05) is 0 Å². The lowest BCUT2D eigenvalue weighted by atomic mass is 9.76. The number of allylic oxidation sites excluding steroid dienone is 2. The summed E-state index contributed by atoms with van der Waals surface area (Å²) in [5.41, 5.74) is 4.69. The highest BCUT2D eigenvalue weighted by Crippen LogP contribution is 2.36. The predicted octanol–water partition coefficient (Wildman–Crippen LogP) is 7.90. The quantitative estimate of drug-likeness (QED) is 0.417. The van der Waals surface area contributed by atoms with Gasteiger partial charge in [-0.3, -0.25) is 0 Å². The first-order chi connectivity index (χ1) is 12.8. The topological polar surface area (TPSA) is 0 Å². The van der Waals surface area contributed by atoms with Crippen molar-refractivity contribution in [1.29, 1.82) is 0 Å². The van der Waals surface area contributed by atoms with Gasteiger partial charge in [-0.05, 0) is 73.8 Å². The Balaban J connectivity index is 1.34. The molecular formula is C26H40. The Labute approximate surface area is 162 Å². The number of aryl methyl sites for hydroxylation is 2. The summed E-state index contributed by atoms with van der Waals surface area (Å²) in [6.07, 6.45) is 20.9. The summed E-state index contributed by atoms with van der Waals surface area (Å²) in [7, 11) is 0. The molecule has 1 fully saturated rings. The molecule has 1 saturated carbocycles. The summed E-state index contributed by atoms with van der Waals surface area (Å²) in [5, 5.41) is 0. The van der Waals surface area contributed by atoms with Crippen LogP contribution in [0.4, 0.5) is 0 Å². The van der Waals surface area contributed by atoms with Crippen molar-refractivity contribution in [1.82, 2.24) is 0 Å². The van der Waals surface area contributed by atoms with Crippen LogP contribution in [0.1, 0.15) is 95.6 Å². The molecule has 1 unspecified atom stereocenters. The molecule has 0 amide bonds. The van der Waals surface area contributed by atoms with E-state index in [4.69, 9.17) is 0 Å². The third-order valence-corrected chi connectivity index (χ3v) is 7.31. The van der Waals surface area contributed by atoms with E-state index < -0.39 is 0 Å². The fraction of sp³-hybridized carbons (Fsp3) is 0.692. The summed E-state index contributed by atoms with van der Waals surface area (Å²) in [4.78, 5) is 0. The summed E-state index contributed by atoms with van der Waals surface area (Å²) in [5.74, 6) is 3.07. The van der Waals surface area contributed by atoms with E-state index in [0.29, 0.717) is 0 Å². The number of benzene rings is 1. The molecule has 0 radical (unpaired) electrons. The molecule has 0 N–H and O–H groups in total. The molecule has 0 aliphatic heterocycles. The molecule has 1 atom stereocenters. The molecule has 0 aromatic heterocycles. The van der Waals surface area contributed by atoms with Crippen molar-refractivity contribution in [3.05, 3.63) is 47.0 Å². The molecule has 0 heterocycles. The van der Waals surface area contributed by atoms with E-state index in [2.05, 4.69) is 44.2 Å². The largest absolute Gasteiger partial charge is 0.0850 e. The van der Waals surface area contributed by atoms with Crippen LogP contribution < -0.4 is 0 Å². The van der Waals surface area contributed by atoms with Crippen LogP contribution in [-0.2, 0) is 12.8 Å². The smallest absolute Gasteiger partial charge is 0.0241 e. The van der Waals surface area contributed by atoms with Crippen LogP contribution in [0.5, 0.6) is 0 Å². The van der Waals surface area contributed by atoms with E-state index in [0.717, 1.165) is 24.2 Å². The SMILES string of the molecule is CCc1ccc(CCC2=CCC(CCC3CCC(CC)CC3)CC2)cc1. The molecule has 3 rings (SSSR count). The standard InChI is InChI=1S/C26H40/c1-3-21-5-9-23(10-6-21)13-15-25-17-19-26(20-18-25)16-14-24-11-7-22(4-2)8-12-24/h5-6,9-10,17,22,24,26H,3-4,7-8,11-16,18-20H2,1-2H3. The molecular weight excluding hydrogens is 312 g/mol. The number of hydrogen-bond donors (Lipinski definition) is 0. The molecule has 0 heteroatoms. The minimum Gasteiger partial charge on any atom is -0.0850 e. The third-order valence-electron chi connectivity index (χ3n) is 7.31. The van der Waals surface area contributed by atoms with Crippen molar-refractivity contribution in [3.8, 4) is 0 Å². The Morgan fingerprint density at radius 2 is 1.38 bits per heavy atom. The summed E-state index contributed by atoms with van der Waals surface area (Å²) in [6, 6.07) is 9.26. The van der Waals surface area contributed by atoms with Gasteiger partial charge in [0.2, 0.25) is 0 Å². The fourth-order valence-electron chi connectivity index (χ4n) is 5.08. The third kappa shape index (κ3) is 6.00. The van der Waals surface area contributed by atoms with Crippen LogP contribution in [0.3, 0.4) is 0 Å². The van der Waals surface area contributed by atoms with Crippen molar-refractivity contribution < 1.29 is 0 Å². The van der Waals surface area contributed by atoms with E-state index in [9.17, 15) is 0 Å². The first-order valence-corrected chi connectivity index (χ1v) is 11.5. The Kier molecular flexibility index (Phi) is 7.84. The zero-order valence-electron chi connectivity index (χ0n) is 17.3. The lowest BCUT2D eigenvalue weighted by Crippen LogP contribution is -2.15. The molecule has 1 aromatic rings. The summed E-state index contributed by atoms with van der Waals surface area (Å²) in [6.45, 7) is 4.60. The van der Waals surface area contributed by atoms with Crippen molar-refractivity contribution in [2.45, 2.75) is 97.3 Å². The maximum absolute atomic E-state index is 2.60. The summed E-state index contributed by atoms with van der Waals surface area (Å²) >= 11 is 0. The molecule has 0 bridgehead atoms. The van der Waals surface area contributed by atoms with Gasteiger partial charge in [0.25, 0.3) is 0 Å². The Morgan fingerprint density at radius 1 is 0.731 bits per heavy atom. The molecule has 1 aromatic carbocycles. The maximum atomic E-state index is 2.60. The van der Waals surface area contributed by atoms with Gasteiger partial charge in [0.1, 0.15) is 0 Å². The Morgan fingerprint density at radius 3 is 2.00 bits per heavy atom. The number of rotatable bonds is 8. The van der Waals surface area contributed by atoms with E-state index in [1.165, 1.54) is 88.2 Å². The van der Waals surface area contributed by atoms with Crippen LogP contribution in [-0.4, -0.2) is 0 Å². The maximum Gasteiger partial charge on any atom is -0.0241 e. The van der Waals surface area contributed by atoms with Crippen molar-refractivity contribution >= 4 is 0 Å². The van der Waals surface area contributed by atoms with Gasteiger partial charge in [0.05, 0.1) is 0 Å². The number of hydrogen-bond acceptors (Lipinski definition) is 0. The second-order valence-electron chi connectivity index (χ2n) is 9.05. The van der Waals surface area contributed by atoms with Crippen LogP contribution in [0, 0.1) is 17.8 Å². The molecule has 2 aliphatic rings. The van der Waals surface area contributed by atoms with E-state index in [-0.39, 0.29) is 0 Å². The second kappa shape index (κ2) is 10.3. The van der Waals surface area contributed by atoms with Crippen LogP contribution in [0.15, 0.2) is 35.9 Å². The highest BCUT2D eigenvalue weighted by atomic mass is 14.3. The zero-order valence-corrected chi connectivity index (χ0v) is 17.3. The van der Waals surface area contributed by atoms with Gasteiger partial charge in [-0.25, -0.2) is 0 Å². The minimum absolute atomic E-state index is 0.978. The van der Waals surface area contributed by atoms with Crippen LogP contribution >= 0.6 is 0 Å². The van der Waals surface area contributed by atoms with Crippen molar-refractivity contribution in [3.63, 3.8) is 0 Å². The molecule has 26 heavy (non-hydrogen) atoms. The van der Waals surface area contributed by atoms with Crippen LogP contribution in [0.25, 0.3) is 0 Å². The Bertz CT molecular complexity index is 542. The van der Waals surface area contributed by atoms with Gasteiger partial charge in [0, 0.05) is 0 Å². The molecule has 2 aliphatic carbocycles. The van der Waals surface area contributed by atoms with Crippen LogP contribution in [0.2, 0.25) is 0 Å². The van der Waals surface area contributed by atoms with Gasteiger partial charge in [-0.2, -0.15) is 0 Å². The van der Waals surface area contributed by atoms with E-state index in [1.54, 1.807) is 5.57 Å². The van der Waals surface area contributed by atoms with Gasteiger partial charge < -0.3 is 0 Å². The van der Waals surface area contributed by atoms with Gasteiger partial charge in [0.15, 0.2) is 0 Å². The first-order valence-electron chi connectivity index (χ1n) is 11.5. The molecule has 0 nitrogen and oxygen atoms in total. The normalized spacial score (nSPS) is 26.5. The molecule has 0 saturated heterocycles. The minimum atomic E-state index is 0.978. The van der Waals surface area contributed by atoms with Crippen molar-refractivity contribution in [2.75, 3.05) is 0 Å². The lowest BCUT2D eigenvalue weighted by Gasteiger charge is -2.29. The zero-order chi connectivity index (χ0) is 18.2. The van der Waals surface area contributed by atoms with Crippen molar-refractivity contribution in [2.24, 2.45) is 17.8 Å².